The van der Waals surface area contributed by atoms with Crippen LogP contribution in [-0.4, -0.2) is 0 Å². The van der Waals surface area contributed by atoms with Gasteiger partial charge in [0.05, 0.1) is 0 Å². The highest BCUT2D eigenvalue weighted by molar-refractivity contribution is 5.47. The van der Waals surface area contributed by atoms with E-state index in [0.29, 0.717) is 17.8 Å². The molecule has 0 N–H and O–H groups in total. The number of benzene rings is 2. The molecule has 154 valence electrons. The molecule has 0 atom stereocenters. The fourth-order valence-electron chi connectivity index (χ4n) is 4.27. The van der Waals surface area contributed by atoms with E-state index in [9.17, 15) is 0 Å². The molecule has 0 radical (unpaired) electrons. The van der Waals surface area contributed by atoms with Gasteiger partial charge in [-0.2, -0.15) is 0 Å². The number of hydrogen-bond acceptors (Lipinski definition) is 0. The molecule has 0 fully saturated rings. The zero-order chi connectivity index (χ0) is 21.4. The summed E-state index contributed by atoms with van der Waals surface area (Å²) < 4.78 is 0. The molecular formula is C28H42. The molecule has 0 heterocycles. The van der Waals surface area contributed by atoms with Crippen LogP contribution in [0.1, 0.15) is 127 Å². The first-order valence-electron chi connectivity index (χ1n) is 11.1. The van der Waals surface area contributed by atoms with E-state index in [2.05, 4.69) is 113 Å². The number of rotatable bonds is 5. The van der Waals surface area contributed by atoms with Crippen LogP contribution in [0.15, 0.2) is 36.4 Å². The molecule has 28 heavy (non-hydrogen) atoms. The number of hydrogen-bond donors (Lipinski definition) is 0. The monoisotopic (exact) mass is 378 g/mol. The first-order chi connectivity index (χ1) is 12.8. The molecular weight excluding hydrogens is 336 g/mol. The lowest BCUT2D eigenvalue weighted by Gasteiger charge is -2.32. The van der Waals surface area contributed by atoms with E-state index in [1.54, 1.807) is 0 Å². The van der Waals surface area contributed by atoms with Gasteiger partial charge in [-0.1, -0.05) is 113 Å². The average Bonchev–Trinajstić information content (AvgIpc) is 2.59. The summed E-state index contributed by atoms with van der Waals surface area (Å²) in [5.74, 6) is 1.63. The summed E-state index contributed by atoms with van der Waals surface area (Å²) in [6.07, 6.45) is 0. The van der Waals surface area contributed by atoms with E-state index in [4.69, 9.17) is 0 Å². The Hall–Kier alpha value is -1.56. The van der Waals surface area contributed by atoms with E-state index in [1.807, 2.05) is 0 Å². The molecule has 0 aliphatic carbocycles. The topological polar surface area (TPSA) is 0 Å². The molecule has 2 rings (SSSR count). The van der Waals surface area contributed by atoms with Crippen molar-refractivity contribution >= 4 is 0 Å². The second kappa shape index (κ2) is 8.05. The first-order valence-corrected chi connectivity index (χ1v) is 11.1. The van der Waals surface area contributed by atoms with Gasteiger partial charge >= 0.3 is 0 Å². The average molecular weight is 379 g/mol. The van der Waals surface area contributed by atoms with Crippen molar-refractivity contribution in [3.05, 3.63) is 69.8 Å². The molecule has 0 saturated carbocycles. The minimum absolute atomic E-state index is 0.0147. The van der Waals surface area contributed by atoms with E-state index >= 15 is 0 Å². The second-order valence-electron chi connectivity index (χ2n) is 11.0. The third kappa shape index (κ3) is 4.53. The summed E-state index contributed by atoms with van der Waals surface area (Å²) in [4.78, 5) is 0. The fraction of sp³-hybridized carbons (Fsp3) is 0.571. The van der Waals surface area contributed by atoms with Gasteiger partial charge in [0.25, 0.3) is 0 Å². The molecule has 0 saturated heterocycles. The van der Waals surface area contributed by atoms with E-state index in [1.165, 1.54) is 33.4 Å². The zero-order valence-corrected chi connectivity index (χ0v) is 20.2. The van der Waals surface area contributed by atoms with Gasteiger partial charge in [-0.05, 0) is 56.5 Å². The highest BCUT2D eigenvalue weighted by atomic mass is 14.3. The molecule has 0 heteroatoms. The molecule has 2 aromatic carbocycles. The molecule has 0 unspecified atom stereocenters. The molecule has 2 aromatic rings. The molecule has 0 aliphatic rings. The lowest BCUT2D eigenvalue weighted by molar-refractivity contribution is 0.572. The van der Waals surface area contributed by atoms with Gasteiger partial charge in [0.15, 0.2) is 0 Å². The fourth-order valence-corrected chi connectivity index (χ4v) is 4.27. The minimum atomic E-state index is -0.0147. The van der Waals surface area contributed by atoms with Crippen LogP contribution in [0, 0.1) is 0 Å². The van der Waals surface area contributed by atoms with Crippen molar-refractivity contribution in [2.75, 3.05) is 0 Å². The largest absolute Gasteiger partial charge is 0.0587 e. The Labute approximate surface area is 174 Å². The Morgan fingerprint density at radius 2 is 0.964 bits per heavy atom. The Kier molecular flexibility index (Phi) is 6.54. The van der Waals surface area contributed by atoms with Crippen molar-refractivity contribution in [1.29, 1.82) is 0 Å². The predicted octanol–water partition coefficient (Wildman–Crippen LogP) is 8.68. The maximum absolute atomic E-state index is 2.47. The van der Waals surface area contributed by atoms with Crippen molar-refractivity contribution in [3.8, 4) is 0 Å². The van der Waals surface area contributed by atoms with Gasteiger partial charge in [0, 0.05) is 5.41 Å². The summed E-state index contributed by atoms with van der Waals surface area (Å²) in [5, 5.41) is 0. The first kappa shape index (κ1) is 22.7. The van der Waals surface area contributed by atoms with Crippen LogP contribution in [0.3, 0.4) is 0 Å². The lowest BCUT2D eigenvalue weighted by atomic mass is 9.73. The Bertz CT molecular complexity index is 810. The second-order valence-corrected chi connectivity index (χ2v) is 11.0. The third-order valence-corrected chi connectivity index (χ3v) is 6.26. The molecule has 0 amide bonds. The van der Waals surface area contributed by atoms with Crippen LogP contribution in [0.4, 0.5) is 0 Å². The van der Waals surface area contributed by atoms with Gasteiger partial charge < -0.3 is 0 Å². The smallest absolute Gasteiger partial charge is 0.0146 e. The standard InChI is InChI=1S/C28H42/c1-18(2)23-14-12-21(16-24(23)19(3)4)28(10,11)22-13-15-26(27(7,8)9)25(17-22)20(5)6/h12-20H,1-11H3. The van der Waals surface area contributed by atoms with Gasteiger partial charge in [-0.25, -0.2) is 0 Å². The SMILES string of the molecule is CC(C)c1ccc(C(C)(C)c2ccc(C(C)(C)C)c(C(C)C)c2)cc1C(C)C. The highest BCUT2D eigenvalue weighted by Crippen LogP contribution is 2.39. The highest BCUT2D eigenvalue weighted by Gasteiger charge is 2.27. The summed E-state index contributed by atoms with van der Waals surface area (Å²) in [7, 11) is 0. The molecule has 0 aromatic heterocycles. The van der Waals surface area contributed by atoms with Gasteiger partial charge in [-0.15, -0.1) is 0 Å². The van der Waals surface area contributed by atoms with Crippen LogP contribution in [0.25, 0.3) is 0 Å². The van der Waals surface area contributed by atoms with E-state index < -0.39 is 0 Å². The van der Waals surface area contributed by atoms with Crippen molar-refractivity contribution in [1.82, 2.24) is 0 Å². The van der Waals surface area contributed by atoms with Crippen LogP contribution >= 0.6 is 0 Å². The van der Waals surface area contributed by atoms with E-state index in [0.717, 1.165) is 0 Å². The predicted molar refractivity (Wildman–Crippen MR) is 126 cm³/mol. The van der Waals surface area contributed by atoms with E-state index in [-0.39, 0.29) is 10.8 Å². The van der Waals surface area contributed by atoms with Gasteiger partial charge in [0.1, 0.15) is 0 Å². The van der Waals surface area contributed by atoms with Crippen LogP contribution in [0.2, 0.25) is 0 Å². The Balaban J connectivity index is 2.61. The summed E-state index contributed by atoms with van der Waals surface area (Å²) in [6, 6.07) is 14.4. The Morgan fingerprint density at radius 3 is 1.39 bits per heavy atom. The van der Waals surface area contributed by atoms with Gasteiger partial charge in [-0.3, -0.25) is 0 Å². The van der Waals surface area contributed by atoms with Crippen molar-refractivity contribution < 1.29 is 0 Å². The molecule has 0 spiro atoms. The van der Waals surface area contributed by atoms with Crippen LogP contribution in [-0.2, 0) is 10.8 Å². The maximum atomic E-state index is 2.47. The normalized spacial score (nSPS) is 13.1. The molecule has 0 aliphatic heterocycles. The van der Waals surface area contributed by atoms with Crippen molar-refractivity contribution in [2.45, 2.75) is 105 Å². The Morgan fingerprint density at radius 1 is 0.536 bits per heavy atom. The molecule has 0 bridgehead atoms. The summed E-state index contributed by atoms with van der Waals surface area (Å²) in [5.41, 5.74) is 8.93. The van der Waals surface area contributed by atoms with Crippen molar-refractivity contribution in [3.63, 3.8) is 0 Å². The van der Waals surface area contributed by atoms with Crippen LogP contribution in [0.5, 0.6) is 0 Å². The maximum Gasteiger partial charge on any atom is 0.0146 e. The quantitative estimate of drug-likeness (QED) is 0.488. The molecule has 0 nitrogen and oxygen atoms in total. The minimum Gasteiger partial charge on any atom is -0.0587 e. The third-order valence-electron chi connectivity index (χ3n) is 6.26. The summed E-state index contributed by atoms with van der Waals surface area (Å²) >= 11 is 0. The lowest BCUT2D eigenvalue weighted by Crippen LogP contribution is -2.22. The van der Waals surface area contributed by atoms with Gasteiger partial charge in [0.2, 0.25) is 0 Å². The summed E-state index contributed by atoms with van der Waals surface area (Å²) in [6.45, 7) is 25.6. The van der Waals surface area contributed by atoms with Crippen molar-refractivity contribution in [2.24, 2.45) is 0 Å². The zero-order valence-electron chi connectivity index (χ0n) is 20.2. The van der Waals surface area contributed by atoms with Crippen LogP contribution < -0.4 is 0 Å².